The number of ether oxygens (including phenoxy) is 1. The normalized spacial score (nSPS) is 14.2. The highest BCUT2D eigenvalue weighted by molar-refractivity contribution is 8.13. The summed E-state index contributed by atoms with van der Waals surface area (Å²) in [6.07, 6.45) is -14.0. The lowest BCUT2D eigenvalue weighted by atomic mass is 10.4. The maximum absolute atomic E-state index is 12.3. The van der Waals surface area contributed by atoms with Crippen LogP contribution in [0.15, 0.2) is 5.51 Å². The number of methoxy groups -OCH3 is 1. The Morgan fingerprint density at radius 1 is 0.875 bits per heavy atom. The topological polar surface area (TPSA) is 95.5 Å². The molecule has 1 rings (SSSR count). The molecule has 20 heteroatoms. The minimum atomic E-state index is -7.62. The number of hydrogen-bond donors (Lipinski definition) is 0. The van der Waals surface area contributed by atoms with Crippen molar-refractivity contribution in [3.05, 3.63) is 20.2 Å². The first-order chi connectivity index (χ1) is 14.0. The van der Waals surface area contributed by atoms with Crippen LogP contribution in [0.4, 0.5) is 43.9 Å². The maximum atomic E-state index is 12.3. The lowest BCUT2D eigenvalue weighted by Crippen LogP contribution is -2.48. The standard InChI is InChI=1S/C8H14NOS.C4F10NO4S2/c1-7-8(2)11-6-9(7)4-5-10-3;5-1(6,7)3(11,12)20(16,17)15-21(18,19)4(13,14)2(8,9)10/h6H,4-5H2,1-3H3;/q+1;-1. The van der Waals surface area contributed by atoms with E-state index in [2.05, 4.69) is 23.9 Å². The van der Waals surface area contributed by atoms with Gasteiger partial charge in [-0.15, -0.1) is 0 Å². The van der Waals surface area contributed by atoms with E-state index in [1.807, 2.05) is 0 Å². The number of nitrogens with zero attached hydrogens (tertiary/aromatic N) is 2. The number of sulfonamides is 2. The molecule has 0 aliphatic rings. The van der Waals surface area contributed by atoms with E-state index >= 15 is 0 Å². The van der Waals surface area contributed by atoms with Gasteiger partial charge >= 0.3 is 22.9 Å². The molecule has 7 nitrogen and oxygen atoms in total. The van der Waals surface area contributed by atoms with Gasteiger partial charge in [0.05, 0.1) is 4.88 Å². The predicted molar refractivity (Wildman–Crippen MR) is 89.1 cm³/mol. The van der Waals surface area contributed by atoms with E-state index in [1.165, 1.54) is 10.6 Å². The van der Waals surface area contributed by atoms with Crippen molar-refractivity contribution in [2.75, 3.05) is 13.7 Å². The van der Waals surface area contributed by atoms with E-state index in [9.17, 15) is 60.7 Å². The summed E-state index contributed by atoms with van der Waals surface area (Å²) in [6.45, 7) is 6.04. The molecule has 1 aromatic heterocycles. The second kappa shape index (κ2) is 9.94. The van der Waals surface area contributed by atoms with E-state index in [4.69, 9.17) is 4.74 Å². The Morgan fingerprint density at radius 2 is 1.25 bits per heavy atom. The summed E-state index contributed by atoms with van der Waals surface area (Å²) in [5.74, 6) is 0. The third-order valence-corrected chi connectivity index (χ3v) is 7.68. The van der Waals surface area contributed by atoms with Gasteiger partial charge in [-0.3, -0.25) is 0 Å². The van der Waals surface area contributed by atoms with Crippen LogP contribution in [0.3, 0.4) is 0 Å². The van der Waals surface area contributed by atoms with Crippen molar-refractivity contribution in [2.45, 2.75) is 43.3 Å². The molecule has 0 bridgehead atoms. The summed E-state index contributed by atoms with van der Waals surface area (Å²) in [5.41, 5.74) is 3.50. The Hall–Kier alpha value is -1.25. The first-order valence-corrected chi connectivity index (χ1v) is 11.3. The number of halogens is 10. The predicted octanol–water partition coefficient (Wildman–Crippen LogP) is 3.63. The molecule has 0 atom stereocenters. The highest BCUT2D eigenvalue weighted by Crippen LogP contribution is 2.47. The monoisotopic (exact) mass is 552 g/mol. The molecule has 0 amide bonds. The van der Waals surface area contributed by atoms with Crippen LogP contribution in [0.1, 0.15) is 10.6 Å². The molecule has 0 radical (unpaired) electrons. The van der Waals surface area contributed by atoms with Gasteiger partial charge in [0.25, 0.3) is 0 Å². The SMILES string of the molecule is COCC[n+]1csc(C)c1C.O=S(=O)([N-]S(=O)(=O)C(F)(F)C(F)(F)F)C(F)(F)C(F)(F)F. The summed E-state index contributed by atoms with van der Waals surface area (Å²) < 4.78 is 168. The third-order valence-electron chi connectivity index (χ3n) is 3.34. The molecule has 0 fully saturated rings. The highest BCUT2D eigenvalue weighted by atomic mass is 32.3. The molecule has 32 heavy (non-hydrogen) atoms. The molecule has 0 spiro atoms. The van der Waals surface area contributed by atoms with Gasteiger partial charge in [0.2, 0.25) is 5.51 Å². The van der Waals surface area contributed by atoms with Gasteiger partial charge in [-0.2, -0.15) is 48.5 Å². The van der Waals surface area contributed by atoms with Gasteiger partial charge in [0, 0.05) is 14.0 Å². The van der Waals surface area contributed by atoms with Gasteiger partial charge in [-0.05, 0) is 6.92 Å². The zero-order chi connectivity index (χ0) is 26.0. The molecule has 0 saturated heterocycles. The fourth-order valence-corrected chi connectivity index (χ4v) is 4.64. The lowest BCUT2D eigenvalue weighted by molar-refractivity contribution is -0.699. The van der Waals surface area contributed by atoms with E-state index in [1.54, 1.807) is 18.4 Å². The third kappa shape index (κ3) is 6.64. The smallest absolute Gasteiger partial charge is 0.425 e. The lowest BCUT2D eigenvalue weighted by Gasteiger charge is -2.31. The van der Waals surface area contributed by atoms with Crippen LogP contribution in [0, 0.1) is 13.8 Å². The van der Waals surface area contributed by atoms with Crippen molar-refractivity contribution in [2.24, 2.45) is 0 Å². The summed E-state index contributed by atoms with van der Waals surface area (Å²) in [4.78, 5) is 1.39. The van der Waals surface area contributed by atoms with Gasteiger partial charge in [-0.1, -0.05) is 11.3 Å². The Bertz CT molecular complexity index is 930. The molecule has 0 unspecified atom stereocenters. The van der Waals surface area contributed by atoms with E-state index in [-0.39, 0.29) is 0 Å². The molecule has 1 heterocycles. The molecular weight excluding hydrogens is 538 g/mol. The summed E-state index contributed by atoms with van der Waals surface area (Å²) in [7, 11) is -13.5. The maximum Gasteiger partial charge on any atom is 0.467 e. The fourth-order valence-electron chi connectivity index (χ4n) is 1.43. The van der Waals surface area contributed by atoms with Crippen molar-refractivity contribution in [1.82, 2.24) is 0 Å². The molecule has 1 aromatic rings. The van der Waals surface area contributed by atoms with Crippen LogP contribution >= 0.6 is 11.3 Å². The van der Waals surface area contributed by atoms with Crippen LogP contribution in [0.5, 0.6) is 0 Å². The largest absolute Gasteiger partial charge is 0.467 e. The van der Waals surface area contributed by atoms with Crippen molar-refractivity contribution >= 4 is 31.4 Å². The van der Waals surface area contributed by atoms with Crippen LogP contribution in [0.25, 0.3) is 4.13 Å². The average Bonchev–Trinajstić information content (AvgIpc) is 2.89. The van der Waals surface area contributed by atoms with Crippen LogP contribution in [-0.2, 0) is 31.3 Å². The fraction of sp³-hybridized carbons (Fsp3) is 0.750. The molecule has 0 saturated carbocycles. The Morgan fingerprint density at radius 3 is 1.50 bits per heavy atom. The van der Waals surface area contributed by atoms with Crippen molar-refractivity contribution < 1.29 is 70.0 Å². The number of aromatic nitrogens is 1. The quantitative estimate of drug-likeness (QED) is 0.381. The Labute approximate surface area is 179 Å². The zero-order valence-corrected chi connectivity index (χ0v) is 18.4. The van der Waals surface area contributed by atoms with Crippen LogP contribution in [-0.4, -0.2) is 53.4 Å². The minimum Gasteiger partial charge on any atom is -0.425 e. The van der Waals surface area contributed by atoms with E-state index in [0.717, 1.165) is 13.2 Å². The van der Waals surface area contributed by atoms with E-state index < -0.39 is 42.9 Å². The molecule has 190 valence electrons. The van der Waals surface area contributed by atoms with Crippen molar-refractivity contribution in [3.8, 4) is 0 Å². The molecule has 0 aliphatic heterocycles. The first kappa shape index (κ1) is 30.8. The Kier molecular flexibility index (Phi) is 9.55. The molecule has 0 aliphatic carbocycles. The summed E-state index contributed by atoms with van der Waals surface area (Å²) in [5, 5.41) is -14.0. The summed E-state index contributed by atoms with van der Waals surface area (Å²) in [6, 6.07) is 0. The number of aryl methyl sites for hydroxylation is 1. The van der Waals surface area contributed by atoms with Gasteiger partial charge < -0.3 is 8.86 Å². The van der Waals surface area contributed by atoms with Crippen LogP contribution < -0.4 is 4.57 Å². The molecule has 0 aromatic carbocycles. The van der Waals surface area contributed by atoms with Crippen LogP contribution in [0.2, 0.25) is 0 Å². The highest BCUT2D eigenvalue weighted by Gasteiger charge is 2.68. The van der Waals surface area contributed by atoms with E-state index in [0.29, 0.717) is 4.13 Å². The van der Waals surface area contributed by atoms with Gasteiger partial charge in [0.1, 0.15) is 6.61 Å². The minimum absolute atomic E-state index is 0.422. The average molecular weight is 552 g/mol. The number of thiazole rings is 1. The molecular formula is C12H14F10N2O5S3. The second-order valence-electron chi connectivity index (χ2n) is 5.60. The second-order valence-corrected chi connectivity index (χ2v) is 10.2. The number of rotatable bonds is 7. The Balaban J connectivity index is 0.000000726. The van der Waals surface area contributed by atoms with Crippen molar-refractivity contribution in [1.29, 1.82) is 0 Å². The van der Waals surface area contributed by atoms with Gasteiger partial charge in [0.15, 0.2) is 32.3 Å². The first-order valence-electron chi connectivity index (χ1n) is 7.51. The molecule has 0 N–H and O–H groups in total. The number of alkyl halides is 10. The number of hydrogen-bond acceptors (Lipinski definition) is 6. The van der Waals surface area contributed by atoms with Gasteiger partial charge in [-0.25, -0.2) is 16.8 Å². The summed E-state index contributed by atoms with van der Waals surface area (Å²) >= 11 is 1.79. The zero-order valence-electron chi connectivity index (χ0n) is 15.9. The van der Waals surface area contributed by atoms with Crippen molar-refractivity contribution in [3.63, 3.8) is 0 Å².